The van der Waals surface area contributed by atoms with Crippen molar-refractivity contribution in [3.05, 3.63) is 33.4 Å². The van der Waals surface area contributed by atoms with Crippen LogP contribution < -0.4 is 5.56 Å². The number of carbonyl (C=O) groups excluding carboxylic acids is 2. The molecule has 162 valence electrons. The quantitative estimate of drug-likeness (QED) is 0.816. The van der Waals surface area contributed by atoms with Crippen LogP contribution in [0, 0.1) is 0 Å². The number of H-pyrrole nitrogens is 1. The predicted octanol–water partition coefficient (Wildman–Crippen LogP) is 2.56. The van der Waals surface area contributed by atoms with Crippen molar-refractivity contribution in [1.29, 1.82) is 0 Å². The van der Waals surface area contributed by atoms with E-state index in [1.807, 2.05) is 24.8 Å². The lowest BCUT2D eigenvalue weighted by molar-refractivity contribution is -0.135. The zero-order chi connectivity index (χ0) is 21.3. The van der Waals surface area contributed by atoms with Crippen LogP contribution in [0.25, 0.3) is 5.65 Å². The van der Waals surface area contributed by atoms with Gasteiger partial charge in [-0.05, 0) is 32.1 Å². The summed E-state index contributed by atoms with van der Waals surface area (Å²) in [6, 6.07) is 1.87. The van der Waals surface area contributed by atoms with Crippen LogP contribution in [0.2, 0.25) is 0 Å². The number of hydrogen-bond acceptors (Lipinski definition) is 4. The Kier molecular flexibility index (Phi) is 5.92. The van der Waals surface area contributed by atoms with Crippen LogP contribution in [0.15, 0.2) is 10.9 Å². The van der Waals surface area contributed by atoms with Gasteiger partial charge in [0.1, 0.15) is 0 Å². The zero-order valence-electron chi connectivity index (χ0n) is 17.9. The maximum atomic E-state index is 13.2. The summed E-state index contributed by atoms with van der Waals surface area (Å²) in [5.74, 6) is 0.262. The highest BCUT2D eigenvalue weighted by molar-refractivity contribution is 5.77. The van der Waals surface area contributed by atoms with Crippen LogP contribution in [0.1, 0.15) is 81.8 Å². The van der Waals surface area contributed by atoms with Crippen molar-refractivity contribution >= 4 is 17.5 Å². The number of aromatic amines is 1. The third kappa shape index (κ3) is 3.75. The Morgan fingerprint density at radius 1 is 1.13 bits per heavy atom. The normalized spacial score (nSPS) is 19.2. The molecule has 4 rings (SSSR count). The highest BCUT2D eigenvalue weighted by Crippen LogP contribution is 2.31. The van der Waals surface area contributed by atoms with E-state index in [1.165, 1.54) is 4.52 Å². The Labute approximate surface area is 176 Å². The topological polar surface area (TPSA) is 90.8 Å². The molecule has 2 aromatic heterocycles. The van der Waals surface area contributed by atoms with Gasteiger partial charge in [0.25, 0.3) is 5.56 Å². The highest BCUT2D eigenvalue weighted by Gasteiger charge is 2.30. The van der Waals surface area contributed by atoms with Crippen LogP contribution in [0.5, 0.6) is 0 Å². The molecule has 8 nitrogen and oxygen atoms in total. The van der Waals surface area contributed by atoms with Crippen LogP contribution in [-0.4, -0.2) is 49.3 Å². The second kappa shape index (κ2) is 8.62. The van der Waals surface area contributed by atoms with Gasteiger partial charge in [-0.3, -0.25) is 19.5 Å². The molecule has 2 aliphatic heterocycles. The molecule has 0 radical (unpaired) electrons. The second-order valence-corrected chi connectivity index (χ2v) is 8.41. The Morgan fingerprint density at radius 3 is 2.67 bits per heavy atom. The van der Waals surface area contributed by atoms with E-state index < -0.39 is 0 Å². The fourth-order valence-electron chi connectivity index (χ4n) is 4.67. The van der Waals surface area contributed by atoms with E-state index in [1.54, 1.807) is 4.90 Å². The summed E-state index contributed by atoms with van der Waals surface area (Å²) < 4.78 is 1.49. The number of likely N-dealkylation sites (tertiary alicyclic amines) is 1. The van der Waals surface area contributed by atoms with E-state index in [0.29, 0.717) is 43.6 Å². The molecule has 0 aliphatic carbocycles. The van der Waals surface area contributed by atoms with Gasteiger partial charge in [0.15, 0.2) is 5.65 Å². The Balaban J connectivity index is 1.67. The van der Waals surface area contributed by atoms with Crippen molar-refractivity contribution in [1.82, 2.24) is 24.4 Å². The van der Waals surface area contributed by atoms with E-state index >= 15 is 0 Å². The lowest BCUT2D eigenvalue weighted by Crippen LogP contribution is -2.40. The average molecular weight is 414 g/mol. The fraction of sp³-hybridized carbons (Fsp3) is 0.636. The van der Waals surface area contributed by atoms with Gasteiger partial charge in [-0.1, -0.05) is 13.8 Å². The molecule has 1 unspecified atom stereocenters. The van der Waals surface area contributed by atoms with Crippen LogP contribution in [0.3, 0.4) is 0 Å². The predicted molar refractivity (Wildman–Crippen MR) is 113 cm³/mol. The molecule has 2 amide bonds. The molecule has 1 saturated heterocycles. The molecule has 1 N–H and O–H groups in total. The first-order valence-electron chi connectivity index (χ1n) is 11.2. The Bertz CT molecular complexity index is 1010. The number of nitrogens with one attached hydrogen (secondary N) is 1. The molecule has 0 saturated carbocycles. The highest BCUT2D eigenvalue weighted by atomic mass is 16.2. The van der Waals surface area contributed by atoms with Gasteiger partial charge in [0.05, 0.1) is 29.5 Å². The number of aromatic nitrogens is 3. The average Bonchev–Trinajstić information content (AvgIpc) is 3.18. The number of piperidine rings is 1. The van der Waals surface area contributed by atoms with Crippen molar-refractivity contribution in [2.45, 2.75) is 77.8 Å². The van der Waals surface area contributed by atoms with E-state index in [4.69, 9.17) is 4.98 Å². The lowest BCUT2D eigenvalue weighted by atomic mass is 9.98. The minimum absolute atomic E-state index is 0.0430. The monoisotopic (exact) mass is 413 g/mol. The minimum atomic E-state index is -0.141. The van der Waals surface area contributed by atoms with Crippen molar-refractivity contribution in [2.24, 2.45) is 0 Å². The van der Waals surface area contributed by atoms with Gasteiger partial charge in [-0.25, -0.2) is 9.50 Å². The third-order valence-electron chi connectivity index (χ3n) is 6.24. The fourth-order valence-corrected chi connectivity index (χ4v) is 4.67. The molecule has 2 aromatic rings. The molecular weight excluding hydrogens is 382 g/mol. The summed E-state index contributed by atoms with van der Waals surface area (Å²) in [4.78, 5) is 46.5. The molecule has 4 heterocycles. The molecule has 0 bridgehead atoms. The van der Waals surface area contributed by atoms with E-state index in [9.17, 15) is 14.4 Å². The van der Waals surface area contributed by atoms with E-state index in [0.717, 1.165) is 50.0 Å². The number of carbonyl (C=O) groups is 2. The van der Waals surface area contributed by atoms with Gasteiger partial charge < -0.3 is 9.80 Å². The van der Waals surface area contributed by atoms with Gasteiger partial charge >= 0.3 is 0 Å². The van der Waals surface area contributed by atoms with Gasteiger partial charge in [-0.15, -0.1) is 0 Å². The van der Waals surface area contributed by atoms with Gasteiger partial charge in [-0.2, -0.15) is 0 Å². The van der Waals surface area contributed by atoms with Gasteiger partial charge in [0, 0.05) is 38.4 Å². The molecule has 8 heteroatoms. The van der Waals surface area contributed by atoms with Crippen molar-refractivity contribution < 1.29 is 9.59 Å². The Morgan fingerprint density at radius 2 is 1.90 bits per heavy atom. The zero-order valence-corrected chi connectivity index (χ0v) is 17.9. The maximum Gasteiger partial charge on any atom is 0.277 e. The van der Waals surface area contributed by atoms with E-state index in [2.05, 4.69) is 5.10 Å². The number of hydrogen-bond donors (Lipinski definition) is 1. The van der Waals surface area contributed by atoms with Crippen LogP contribution >= 0.6 is 0 Å². The first-order valence-corrected chi connectivity index (χ1v) is 11.2. The Hall–Kier alpha value is -2.64. The van der Waals surface area contributed by atoms with Crippen molar-refractivity contribution in [2.75, 3.05) is 13.1 Å². The SMILES string of the molecule is CCCC(=O)N1CCc2nc3cc(C4CCCCN4C(=O)CCC)[nH]n3c(=O)c2C1. The largest absolute Gasteiger partial charge is 0.338 e. The molecule has 30 heavy (non-hydrogen) atoms. The molecule has 1 atom stereocenters. The summed E-state index contributed by atoms with van der Waals surface area (Å²) in [6.45, 7) is 5.68. The molecule has 0 aromatic carbocycles. The van der Waals surface area contributed by atoms with Crippen LogP contribution in [0.4, 0.5) is 0 Å². The molecular formula is C22H31N5O3. The summed E-state index contributed by atoms with van der Waals surface area (Å²) in [5.41, 5.74) is 2.70. The summed E-state index contributed by atoms with van der Waals surface area (Å²) >= 11 is 0. The number of fused-ring (bicyclic) bond motifs is 2. The number of nitrogens with zero attached hydrogens (tertiary/aromatic N) is 4. The maximum absolute atomic E-state index is 13.2. The number of rotatable bonds is 5. The smallest absolute Gasteiger partial charge is 0.277 e. The molecule has 2 aliphatic rings. The molecule has 1 fully saturated rings. The van der Waals surface area contributed by atoms with Crippen LogP contribution in [-0.2, 0) is 22.6 Å². The summed E-state index contributed by atoms with van der Waals surface area (Å²) in [6.07, 6.45) is 6.23. The van der Waals surface area contributed by atoms with Crippen molar-refractivity contribution in [3.63, 3.8) is 0 Å². The summed E-state index contributed by atoms with van der Waals surface area (Å²) in [5, 5.41) is 3.22. The van der Waals surface area contributed by atoms with Crippen molar-refractivity contribution in [3.8, 4) is 0 Å². The second-order valence-electron chi connectivity index (χ2n) is 8.41. The first kappa shape index (κ1) is 20.6. The third-order valence-corrected chi connectivity index (χ3v) is 6.24. The standard InChI is InChI=1S/C22H31N5O3/c1-3-7-20(28)25-12-10-16-15(14-25)22(30)27-19(23-16)13-17(24-27)18-9-5-6-11-26(18)21(29)8-4-2/h13,18,24H,3-12,14H2,1-2H3. The van der Waals surface area contributed by atoms with E-state index in [-0.39, 0.29) is 23.4 Å². The van der Waals surface area contributed by atoms with Gasteiger partial charge in [0.2, 0.25) is 11.8 Å². The molecule has 0 spiro atoms. The summed E-state index contributed by atoms with van der Waals surface area (Å²) in [7, 11) is 0. The lowest BCUT2D eigenvalue weighted by Gasteiger charge is -2.35. The minimum Gasteiger partial charge on any atom is -0.338 e. The number of amides is 2. The first-order chi connectivity index (χ1) is 14.5.